The summed E-state index contributed by atoms with van der Waals surface area (Å²) in [4.78, 5) is 18.8. The van der Waals surface area contributed by atoms with Crippen LogP contribution in [0.4, 0.5) is 15.8 Å². The highest BCUT2D eigenvalue weighted by molar-refractivity contribution is 5.95. The Balaban J connectivity index is 1.10. The van der Waals surface area contributed by atoms with Gasteiger partial charge in [0.1, 0.15) is 12.2 Å². The van der Waals surface area contributed by atoms with Crippen LogP contribution in [0.25, 0.3) is 10.9 Å². The average Bonchev–Trinajstić information content (AvgIpc) is 3.29. The summed E-state index contributed by atoms with van der Waals surface area (Å²) in [7, 11) is 0. The summed E-state index contributed by atoms with van der Waals surface area (Å²) in [6.07, 6.45) is 3.54. The largest absolute Gasteiger partial charge is 0.368 e. The monoisotopic (exact) mass is 514 g/mol. The fourth-order valence-corrected chi connectivity index (χ4v) is 6.38. The molecular formula is C29H35FN8. The Labute approximate surface area is 223 Å². The van der Waals surface area contributed by atoms with E-state index in [0.717, 1.165) is 73.7 Å². The minimum absolute atomic E-state index is 0.345. The molecule has 2 aromatic heterocycles. The van der Waals surface area contributed by atoms with Crippen molar-refractivity contribution in [3.63, 3.8) is 0 Å². The molecule has 3 aliphatic rings. The van der Waals surface area contributed by atoms with Crippen LogP contribution in [-0.4, -0.2) is 96.4 Å². The molecule has 3 fully saturated rings. The summed E-state index contributed by atoms with van der Waals surface area (Å²) in [6, 6.07) is 14.9. The molecule has 3 saturated heterocycles. The molecule has 5 heterocycles. The predicted octanol–water partition coefficient (Wildman–Crippen LogP) is 2.42. The number of piperazine rings is 2. The number of benzene rings is 1. The quantitative estimate of drug-likeness (QED) is 0.556. The van der Waals surface area contributed by atoms with Crippen molar-refractivity contribution in [3.8, 4) is 6.07 Å². The number of nitriles is 1. The predicted molar refractivity (Wildman–Crippen MR) is 148 cm³/mol. The second-order valence-electron chi connectivity index (χ2n) is 10.9. The number of hydrogen-bond donors (Lipinski definition) is 1. The van der Waals surface area contributed by atoms with Gasteiger partial charge in [-0.1, -0.05) is 0 Å². The number of alkyl halides is 1. The second-order valence-corrected chi connectivity index (χ2v) is 10.9. The van der Waals surface area contributed by atoms with Gasteiger partial charge in [-0.3, -0.25) is 14.9 Å². The highest BCUT2D eigenvalue weighted by Gasteiger charge is 2.36. The van der Waals surface area contributed by atoms with Gasteiger partial charge in [-0.15, -0.1) is 0 Å². The molecule has 2 N–H and O–H groups in total. The van der Waals surface area contributed by atoms with Crippen molar-refractivity contribution in [2.24, 2.45) is 5.73 Å². The standard InChI is InChI=1S/C29H35FN8/c1-20-15-37(28-7-4-21(13-31)29-25(28)3-2-9-33-29)17-24-16-35(11-12-38(20)24)10-8-22-5-6-23(14-34-22)36-18-26(30)27(32)19-36/h2-7,9,14,20,24,26-27H,8,10-12,15-19,32H2,1H3/t20-,24+,26+,27-/m1/s1. The lowest BCUT2D eigenvalue weighted by atomic mass is 10.0. The number of rotatable bonds is 5. The summed E-state index contributed by atoms with van der Waals surface area (Å²) >= 11 is 0. The molecular weight excluding hydrogens is 479 g/mol. The van der Waals surface area contributed by atoms with Crippen LogP contribution in [-0.2, 0) is 6.42 Å². The third-order valence-corrected chi connectivity index (χ3v) is 8.45. The molecule has 3 aliphatic heterocycles. The Morgan fingerprint density at radius 2 is 1.92 bits per heavy atom. The van der Waals surface area contributed by atoms with E-state index in [1.54, 1.807) is 6.20 Å². The van der Waals surface area contributed by atoms with Gasteiger partial charge in [-0.25, -0.2) is 4.39 Å². The number of hydrogen-bond acceptors (Lipinski definition) is 8. The van der Waals surface area contributed by atoms with Crippen LogP contribution in [0.2, 0.25) is 0 Å². The van der Waals surface area contributed by atoms with Gasteiger partial charge in [0.15, 0.2) is 0 Å². The Bertz CT molecular complexity index is 1310. The molecule has 0 radical (unpaired) electrons. The van der Waals surface area contributed by atoms with Gasteiger partial charge in [0.2, 0.25) is 0 Å². The molecule has 0 saturated carbocycles. The van der Waals surface area contributed by atoms with Crippen LogP contribution in [0.5, 0.6) is 0 Å². The lowest BCUT2D eigenvalue weighted by Gasteiger charge is -2.51. The van der Waals surface area contributed by atoms with E-state index in [9.17, 15) is 9.65 Å². The summed E-state index contributed by atoms with van der Waals surface area (Å²) in [5.41, 5.74) is 10.4. The number of halogens is 1. The maximum Gasteiger partial charge on any atom is 0.134 e. The van der Waals surface area contributed by atoms with E-state index < -0.39 is 12.2 Å². The van der Waals surface area contributed by atoms with E-state index in [0.29, 0.717) is 30.7 Å². The first-order valence-corrected chi connectivity index (χ1v) is 13.6. The van der Waals surface area contributed by atoms with Crippen molar-refractivity contribution in [2.75, 3.05) is 62.2 Å². The van der Waals surface area contributed by atoms with E-state index in [-0.39, 0.29) is 0 Å². The Hall–Kier alpha value is -3.32. The molecule has 8 nitrogen and oxygen atoms in total. The van der Waals surface area contributed by atoms with Gasteiger partial charge in [-0.2, -0.15) is 5.26 Å². The number of aromatic nitrogens is 2. The van der Waals surface area contributed by atoms with Crippen molar-refractivity contribution in [1.29, 1.82) is 5.26 Å². The number of nitrogens with two attached hydrogens (primary N) is 1. The smallest absolute Gasteiger partial charge is 0.134 e. The molecule has 4 atom stereocenters. The summed E-state index contributed by atoms with van der Waals surface area (Å²) in [5, 5.41) is 10.6. The molecule has 9 heteroatoms. The van der Waals surface area contributed by atoms with E-state index in [1.165, 1.54) is 0 Å². The molecule has 198 valence electrons. The first-order chi connectivity index (χ1) is 18.5. The molecule has 3 aromatic rings. The molecule has 0 aliphatic carbocycles. The van der Waals surface area contributed by atoms with Crippen LogP contribution >= 0.6 is 0 Å². The van der Waals surface area contributed by atoms with Gasteiger partial charge < -0.3 is 20.4 Å². The second kappa shape index (κ2) is 10.4. The zero-order valence-corrected chi connectivity index (χ0v) is 21.9. The van der Waals surface area contributed by atoms with Gasteiger partial charge in [0.05, 0.1) is 35.6 Å². The minimum atomic E-state index is -0.973. The zero-order valence-electron chi connectivity index (χ0n) is 21.9. The SMILES string of the molecule is C[C@@H]1CN(c2ccc(C#N)c3ncccc23)C[C@@H]2CN(CCc3ccc(N4C[C@@H](N)[C@@H](F)C4)cn3)CCN21. The molecule has 0 bridgehead atoms. The summed E-state index contributed by atoms with van der Waals surface area (Å²) in [5.74, 6) is 0. The highest BCUT2D eigenvalue weighted by atomic mass is 19.1. The maximum atomic E-state index is 13.8. The minimum Gasteiger partial charge on any atom is -0.368 e. The van der Waals surface area contributed by atoms with Crippen LogP contribution in [0.3, 0.4) is 0 Å². The first-order valence-electron chi connectivity index (χ1n) is 13.6. The molecule has 0 unspecified atom stereocenters. The third kappa shape index (κ3) is 4.80. The third-order valence-electron chi connectivity index (χ3n) is 8.45. The first kappa shape index (κ1) is 25.0. The average molecular weight is 515 g/mol. The van der Waals surface area contributed by atoms with Crippen LogP contribution in [0.15, 0.2) is 48.8 Å². The van der Waals surface area contributed by atoms with Crippen LogP contribution < -0.4 is 15.5 Å². The van der Waals surface area contributed by atoms with Crippen molar-refractivity contribution in [3.05, 3.63) is 60.0 Å². The number of fused-ring (bicyclic) bond motifs is 2. The lowest BCUT2D eigenvalue weighted by Crippen LogP contribution is -2.65. The van der Waals surface area contributed by atoms with E-state index in [2.05, 4.69) is 55.9 Å². The van der Waals surface area contributed by atoms with Crippen LogP contribution in [0.1, 0.15) is 18.2 Å². The fraction of sp³-hybridized carbons (Fsp3) is 0.483. The topological polar surface area (TPSA) is 88.5 Å². The van der Waals surface area contributed by atoms with Gasteiger partial charge in [0.25, 0.3) is 0 Å². The lowest BCUT2D eigenvalue weighted by molar-refractivity contribution is 0.0355. The Morgan fingerprint density at radius 1 is 1.03 bits per heavy atom. The molecule has 38 heavy (non-hydrogen) atoms. The van der Waals surface area contributed by atoms with Gasteiger partial charge in [0, 0.05) is 87.3 Å². The number of nitrogens with zero attached hydrogens (tertiary/aromatic N) is 7. The molecule has 6 rings (SSSR count). The summed E-state index contributed by atoms with van der Waals surface area (Å²) in [6.45, 7) is 9.25. The molecule has 0 amide bonds. The van der Waals surface area contributed by atoms with Crippen molar-refractivity contribution in [1.82, 2.24) is 19.8 Å². The van der Waals surface area contributed by atoms with Crippen molar-refractivity contribution in [2.45, 2.75) is 37.6 Å². The van der Waals surface area contributed by atoms with Gasteiger partial charge in [-0.05, 0) is 43.3 Å². The van der Waals surface area contributed by atoms with E-state index in [1.807, 2.05) is 29.3 Å². The zero-order chi connectivity index (χ0) is 26.2. The number of pyridine rings is 2. The normalized spacial score (nSPS) is 26.5. The maximum absolute atomic E-state index is 13.8. The Morgan fingerprint density at radius 3 is 2.68 bits per heavy atom. The van der Waals surface area contributed by atoms with E-state index >= 15 is 0 Å². The Kier molecular flexibility index (Phi) is 6.87. The van der Waals surface area contributed by atoms with Crippen molar-refractivity contribution >= 4 is 22.3 Å². The molecule has 1 aromatic carbocycles. The van der Waals surface area contributed by atoms with Gasteiger partial charge >= 0.3 is 0 Å². The molecule has 0 spiro atoms. The van der Waals surface area contributed by atoms with Crippen LogP contribution in [0, 0.1) is 11.3 Å². The summed E-state index contributed by atoms with van der Waals surface area (Å²) < 4.78 is 13.8. The number of anilines is 2. The fourth-order valence-electron chi connectivity index (χ4n) is 6.38. The van der Waals surface area contributed by atoms with Crippen molar-refractivity contribution < 1.29 is 4.39 Å². The van der Waals surface area contributed by atoms with E-state index in [4.69, 9.17) is 5.73 Å². The highest BCUT2D eigenvalue weighted by Crippen LogP contribution is 2.32.